The van der Waals surface area contributed by atoms with Crippen LogP contribution in [0.15, 0.2) is 24.4 Å². The van der Waals surface area contributed by atoms with Crippen LogP contribution in [0.2, 0.25) is 0 Å². The predicted octanol–water partition coefficient (Wildman–Crippen LogP) is 2.55. The van der Waals surface area contributed by atoms with Gasteiger partial charge < -0.3 is 14.4 Å². The van der Waals surface area contributed by atoms with Crippen LogP contribution in [-0.4, -0.2) is 41.0 Å². The normalized spacial score (nSPS) is 20.0. The summed E-state index contributed by atoms with van der Waals surface area (Å²) in [6, 6.07) is 5.57. The minimum atomic E-state index is -0.431. The standard InChI is InChI=1S/C20H21N3O3/c1-12-14(4-3-5-17(12)25-2)19(24)23-10-20(11-23)15-8-21-18(13-6-7-13)22-16(15)9-26-20/h3-5,8,13H,6-7,9-11H2,1-2H3. The molecule has 1 aromatic heterocycles. The van der Waals surface area contributed by atoms with Crippen LogP contribution in [0.25, 0.3) is 0 Å². The molecule has 0 unspecified atom stereocenters. The number of methoxy groups -OCH3 is 1. The second-order valence-corrected chi connectivity index (χ2v) is 7.44. The number of rotatable bonds is 3. The van der Waals surface area contributed by atoms with E-state index >= 15 is 0 Å². The van der Waals surface area contributed by atoms with Crippen molar-refractivity contribution in [2.24, 2.45) is 0 Å². The van der Waals surface area contributed by atoms with Gasteiger partial charge in [-0.2, -0.15) is 0 Å². The Bertz CT molecular complexity index is 901. The second kappa shape index (κ2) is 5.51. The molecule has 2 fully saturated rings. The van der Waals surface area contributed by atoms with Crippen molar-refractivity contribution in [1.82, 2.24) is 14.9 Å². The summed E-state index contributed by atoms with van der Waals surface area (Å²) >= 11 is 0. The highest BCUT2D eigenvalue weighted by Gasteiger charge is 2.53. The van der Waals surface area contributed by atoms with Crippen molar-refractivity contribution in [3.8, 4) is 5.75 Å². The number of ether oxygens (including phenoxy) is 2. The summed E-state index contributed by atoms with van der Waals surface area (Å²) in [6.07, 6.45) is 4.29. The topological polar surface area (TPSA) is 64.5 Å². The molecule has 2 aromatic rings. The molecule has 0 N–H and O–H groups in total. The first-order valence-corrected chi connectivity index (χ1v) is 9.04. The van der Waals surface area contributed by atoms with Gasteiger partial charge in [0.15, 0.2) is 0 Å². The van der Waals surface area contributed by atoms with Gasteiger partial charge in [0.2, 0.25) is 0 Å². The molecule has 1 aromatic carbocycles. The lowest BCUT2D eigenvalue weighted by molar-refractivity contribution is -0.126. The molecular formula is C20H21N3O3. The van der Waals surface area contributed by atoms with E-state index in [1.807, 2.05) is 36.2 Å². The van der Waals surface area contributed by atoms with Gasteiger partial charge in [0, 0.05) is 28.8 Å². The van der Waals surface area contributed by atoms with Crippen LogP contribution in [0, 0.1) is 6.92 Å². The number of hydrogen-bond acceptors (Lipinski definition) is 5. The molecule has 1 saturated carbocycles. The van der Waals surface area contributed by atoms with Crippen LogP contribution >= 0.6 is 0 Å². The Kier molecular flexibility index (Phi) is 3.34. The lowest BCUT2D eigenvalue weighted by Crippen LogP contribution is -2.61. The number of carbonyl (C=O) groups is 1. The summed E-state index contributed by atoms with van der Waals surface area (Å²) in [5, 5.41) is 0. The lowest BCUT2D eigenvalue weighted by Gasteiger charge is -2.47. The van der Waals surface area contributed by atoms with Crippen molar-refractivity contribution in [3.05, 3.63) is 52.6 Å². The summed E-state index contributed by atoms with van der Waals surface area (Å²) in [6.45, 7) is 3.51. The van der Waals surface area contributed by atoms with Gasteiger partial charge >= 0.3 is 0 Å². The monoisotopic (exact) mass is 351 g/mol. The van der Waals surface area contributed by atoms with Gasteiger partial charge in [0.1, 0.15) is 17.2 Å². The van der Waals surface area contributed by atoms with E-state index in [4.69, 9.17) is 14.5 Å². The second-order valence-electron chi connectivity index (χ2n) is 7.44. The van der Waals surface area contributed by atoms with Crippen LogP contribution < -0.4 is 4.74 Å². The molecule has 3 aliphatic rings. The smallest absolute Gasteiger partial charge is 0.254 e. The highest BCUT2D eigenvalue weighted by atomic mass is 16.5. The van der Waals surface area contributed by atoms with Gasteiger partial charge in [0.05, 0.1) is 32.5 Å². The zero-order valence-electron chi connectivity index (χ0n) is 15.0. The molecule has 3 heterocycles. The first-order valence-electron chi connectivity index (χ1n) is 9.04. The van der Waals surface area contributed by atoms with Crippen molar-refractivity contribution in [2.45, 2.75) is 37.9 Å². The van der Waals surface area contributed by atoms with E-state index in [9.17, 15) is 4.79 Å². The fourth-order valence-corrected chi connectivity index (χ4v) is 3.96. The summed E-state index contributed by atoms with van der Waals surface area (Å²) in [7, 11) is 1.62. The molecule has 5 rings (SSSR count). The number of nitrogens with zero attached hydrogens (tertiary/aromatic N) is 3. The first kappa shape index (κ1) is 15.8. The molecule has 1 amide bonds. The van der Waals surface area contributed by atoms with Crippen molar-refractivity contribution >= 4 is 5.91 Å². The number of benzene rings is 1. The molecule has 1 saturated heterocycles. The highest BCUT2D eigenvalue weighted by Crippen LogP contribution is 2.45. The maximum absolute atomic E-state index is 12.9. The molecule has 0 bridgehead atoms. The minimum Gasteiger partial charge on any atom is -0.496 e. The third-order valence-electron chi connectivity index (χ3n) is 5.72. The summed E-state index contributed by atoms with van der Waals surface area (Å²) in [5.74, 6) is 2.23. The molecule has 2 aliphatic heterocycles. The number of likely N-dealkylation sites (tertiary alicyclic amines) is 1. The average molecular weight is 351 g/mol. The van der Waals surface area contributed by atoms with E-state index in [-0.39, 0.29) is 5.91 Å². The number of hydrogen-bond donors (Lipinski definition) is 0. The van der Waals surface area contributed by atoms with Gasteiger partial charge in [-0.1, -0.05) is 6.07 Å². The van der Waals surface area contributed by atoms with E-state index in [1.54, 1.807) is 7.11 Å². The SMILES string of the molecule is COc1cccc(C(=O)N2CC3(C2)OCc2nc(C4CC4)ncc23)c1C. The summed E-state index contributed by atoms with van der Waals surface area (Å²) in [4.78, 5) is 24.0. The van der Waals surface area contributed by atoms with E-state index in [0.29, 0.717) is 31.2 Å². The Morgan fingerprint density at radius 1 is 1.35 bits per heavy atom. The van der Waals surface area contributed by atoms with Crippen LogP contribution in [0.5, 0.6) is 5.75 Å². The van der Waals surface area contributed by atoms with Crippen molar-refractivity contribution < 1.29 is 14.3 Å². The van der Waals surface area contributed by atoms with Gasteiger partial charge in [-0.05, 0) is 31.9 Å². The first-order chi connectivity index (χ1) is 12.6. The van der Waals surface area contributed by atoms with Gasteiger partial charge in [-0.15, -0.1) is 0 Å². The third-order valence-corrected chi connectivity index (χ3v) is 5.72. The highest BCUT2D eigenvalue weighted by molar-refractivity contribution is 5.97. The third kappa shape index (κ3) is 2.25. The Balaban J connectivity index is 1.36. The number of aromatic nitrogens is 2. The molecule has 1 aliphatic carbocycles. The van der Waals surface area contributed by atoms with E-state index in [1.165, 1.54) is 12.8 Å². The van der Waals surface area contributed by atoms with E-state index < -0.39 is 5.60 Å². The van der Waals surface area contributed by atoms with E-state index in [0.717, 1.165) is 28.4 Å². The Morgan fingerprint density at radius 2 is 2.15 bits per heavy atom. The summed E-state index contributed by atoms with van der Waals surface area (Å²) < 4.78 is 11.4. The molecular weight excluding hydrogens is 330 g/mol. The Hall–Kier alpha value is -2.47. The van der Waals surface area contributed by atoms with Gasteiger partial charge in [0.25, 0.3) is 5.91 Å². The van der Waals surface area contributed by atoms with Crippen LogP contribution in [0.3, 0.4) is 0 Å². The predicted molar refractivity (Wildman–Crippen MR) is 94.1 cm³/mol. The largest absolute Gasteiger partial charge is 0.496 e. The molecule has 6 nitrogen and oxygen atoms in total. The quantitative estimate of drug-likeness (QED) is 0.850. The fourth-order valence-electron chi connectivity index (χ4n) is 3.96. The van der Waals surface area contributed by atoms with Crippen molar-refractivity contribution in [1.29, 1.82) is 0 Å². The van der Waals surface area contributed by atoms with Crippen LogP contribution in [0.1, 0.15) is 51.8 Å². The molecule has 6 heteroatoms. The van der Waals surface area contributed by atoms with E-state index in [2.05, 4.69) is 4.98 Å². The maximum atomic E-state index is 12.9. The fraction of sp³-hybridized carbons (Fsp3) is 0.450. The molecule has 26 heavy (non-hydrogen) atoms. The maximum Gasteiger partial charge on any atom is 0.254 e. The molecule has 0 radical (unpaired) electrons. The molecule has 0 atom stereocenters. The number of fused-ring (bicyclic) bond motifs is 2. The van der Waals surface area contributed by atoms with Gasteiger partial charge in [-0.25, -0.2) is 9.97 Å². The zero-order chi connectivity index (χ0) is 17.9. The van der Waals surface area contributed by atoms with Crippen molar-refractivity contribution in [3.63, 3.8) is 0 Å². The number of carbonyl (C=O) groups excluding carboxylic acids is 1. The molecule has 1 spiro atoms. The average Bonchev–Trinajstić information content (AvgIpc) is 3.40. The number of amides is 1. The lowest BCUT2D eigenvalue weighted by atomic mass is 9.86. The Morgan fingerprint density at radius 3 is 2.88 bits per heavy atom. The Labute approximate surface area is 152 Å². The summed E-state index contributed by atoms with van der Waals surface area (Å²) in [5.41, 5.74) is 3.16. The van der Waals surface area contributed by atoms with Crippen LogP contribution in [0.4, 0.5) is 0 Å². The van der Waals surface area contributed by atoms with Crippen LogP contribution in [-0.2, 0) is 16.9 Å². The molecule has 134 valence electrons. The minimum absolute atomic E-state index is 0.0135. The van der Waals surface area contributed by atoms with Gasteiger partial charge in [-0.3, -0.25) is 4.79 Å². The van der Waals surface area contributed by atoms with Crippen molar-refractivity contribution in [2.75, 3.05) is 20.2 Å². The zero-order valence-corrected chi connectivity index (χ0v) is 15.0.